The number of rotatable bonds is 5. The summed E-state index contributed by atoms with van der Waals surface area (Å²) in [5, 5.41) is 2.92. The number of nitrogens with one attached hydrogen (secondary N) is 1. The van der Waals surface area contributed by atoms with Gasteiger partial charge < -0.3 is 9.88 Å². The van der Waals surface area contributed by atoms with E-state index in [1.54, 1.807) is 13.1 Å². The zero-order chi connectivity index (χ0) is 18.7. The van der Waals surface area contributed by atoms with E-state index in [1.165, 1.54) is 6.07 Å². The van der Waals surface area contributed by atoms with E-state index in [1.807, 2.05) is 17.8 Å². The molecule has 7 heteroatoms. The van der Waals surface area contributed by atoms with E-state index in [0.29, 0.717) is 5.56 Å². The highest BCUT2D eigenvalue weighted by Gasteiger charge is 2.26. The number of likely N-dealkylation sites (tertiary alicyclic amines) is 1. The predicted octanol–water partition coefficient (Wildman–Crippen LogP) is 2.79. The number of benzene rings is 1. The Morgan fingerprint density at radius 1 is 1.31 bits per heavy atom. The number of amides is 1. The number of aromatic nitrogens is 2. The Balaban J connectivity index is 1.50. The first-order valence-corrected chi connectivity index (χ1v) is 8.88. The van der Waals surface area contributed by atoms with Crippen LogP contribution in [0, 0.1) is 17.6 Å². The fourth-order valence-electron chi connectivity index (χ4n) is 3.30. The SMILES string of the molecule is C[C@H](NC(=O)C1CCN(Cc2nccn2C)CC1)c1ccc(F)c(F)c1. The average Bonchev–Trinajstić information content (AvgIpc) is 3.02. The monoisotopic (exact) mass is 362 g/mol. The van der Waals surface area contributed by atoms with Crippen molar-refractivity contribution in [2.24, 2.45) is 13.0 Å². The average molecular weight is 362 g/mol. The molecule has 1 N–H and O–H groups in total. The third-order valence-corrected chi connectivity index (χ3v) is 5.05. The summed E-state index contributed by atoms with van der Waals surface area (Å²) in [7, 11) is 1.97. The van der Waals surface area contributed by atoms with Crippen molar-refractivity contribution >= 4 is 5.91 Å². The molecule has 0 bridgehead atoms. The molecule has 1 saturated heterocycles. The van der Waals surface area contributed by atoms with Crippen molar-refractivity contribution in [2.75, 3.05) is 13.1 Å². The molecule has 0 radical (unpaired) electrons. The smallest absolute Gasteiger partial charge is 0.223 e. The van der Waals surface area contributed by atoms with E-state index < -0.39 is 11.6 Å². The molecule has 140 valence electrons. The predicted molar refractivity (Wildman–Crippen MR) is 94.1 cm³/mol. The molecular weight excluding hydrogens is 338 g/mol. The van der Waals surface area contributed by atoms with Gasteiger partial charge in [-0.3, -0.25) is 9.69 Å². The van der Waals surface area contributed by atoms with Crippen molar-refractivity contribution in [2.45, 2.75) is 32.4 Å². The number of imidazole rings is 1. The van der Waals surface area contributed by atoms with Crippen LogP contribution in [0.4, 0.5) is 8.78 Å². The highest BCUT2D eigenvalue weighted by molar-refractivity contribution is 5.79. The Morgan fingerprint density at radius 2 is 2.04 bits per heavy atom. The molecule has 2 heterocycles. The highest BCUT2D eigenvalue weighted by atomic mass is 19.2. The van der Waals surface area contributed by atoms with Gasteiger partial charge in [-0.2, -0.15) is 0 Å². The lowest BCUT2D eigenvalue weighted by molar-refractivity contribution is -0.127. The first kappa shape index (κ1) is 18.5. The van der Waals surface area contributed by atoms with Crippen molar-refractivity contribution in [3.63, 3.8) is 0 Å². The first-order valence-electron chi connectivity index (χ1n) is 8.88. The van der Waals surface area contributed by atoms with Crippen LogP contribution in [0.2, 0.25) is 0 Å². The summed E-state index contributed by atoms with van der Waals surface area (Å²) in [6.07, 6.45) is 5.27. The van der Waals surface area contributed by atoms with Gasteiger partial charge in [-0.25, -0.2) is 13.8 Å². The van der Waals surface area contributed by atoms with Crippen LogP contribution in [0.25, 0.3) is 0 Å². The van der Waals surface area contributed by atoms with Gasteiger partial charge in [0.1, 0.15) is 5.82 Å². The van der Waals surface area contributed by atoms with Gasteiger partial charge in [0.25, 0.3) is 0 Å². The van der Waals surface area contributed by atoms with Crippen LogP contribution in [0.3, 0.4) is 0 Å². The first-order chi connectivity index (χ1) is 12.4. The van der Waals surface area contributed by atoms with Crippen LogP contribution < -0.4 is 5.32 Å². The van der Waals surface area contributed by atoms with E-state index >= 15 is 0 Å². The molecule has 1 atom stereocenters. The summed E-state index contributed by atoms with van der Waals surface area (Å²) in [4.78, 5) is 19.1. The number of aryl methyl sites for hydroxylation is 1. The van der Waals surface area contributed by atoms with Crippen molar-refractivity contribution in [3.8, 4) is 0 Å². The molecule has 0 saturated carbocycles. The fourth-order valence-corrected chi connectivity index (χ4v) is 3.30. The van der Waals surface area contributed by atoms with E-state index in [4.69, 9.17) is 0 Å². The van der Waals surface area contributed by atoms with Crippen LogP contribution in [0.5, 0.6) is 0 Å². The van der Waals surface area contributed by atoms with Crippen LogP contribution >= 0.6 is 0 Å². The van der Waals surface area contributed by atoms with Crippen molar-refractivity contribution in [1.82, 2.24) is 19.8 Å². The number of hydrogen-bond acceptors (Lipinski definition) is 3. The normalized spacial score (nSPS) is 17.2. The summed E-state index contributed by atoms with van der Waals surface area (Å²) in [5.74, 6) is -0.849. The number of carbonyl (C=O) groups excluding carboxylic acids is 1. The Hall–Kier alpha value is -2.28. The minimum absolute atomic E-state index is 0.0288. The number of nitrogens with zero attached hydrogens (tertiary/aromatic N) is 3. The van der Waals surface area contributed by atoms with Crippen molar-refractivity contribution in [3.05, 3.63) is 53.6 Å². The summed E-state index contributed by atoms with van der Waals surface area (Å²) in [6.45, 7) is 4.24. The van der Waals surface area contributed by atoms with Gasteiger partial charge in [0, 0.05) is 25.4 Å². The molecule has 1 amide bonds. The Kier molecular flexibility index (Phi) is 5.66. The molecule has 1 aliphatic heterocycles. The van der Waals surface area contributed by atoms with Crippen LogP contribution in [0.15, 0.2) is 30.6 Å². The lowest BCUT2D eigenvalue weighted by Crippen LogP contribution is -2.41. The molecular formula is C19H24F2N4O. The van der Waals surface area contributed by atoms with Crippen LogP contribution in [-0.2, 0) is 18.4 Å². The number of piperidine rings is 1. The summed E-state index contributed by atoms with van der Waals surface area (Å²) < 4.78 is 28.4. The molecule has 0 aliphatic carbocycles. The second kappa shape index (κ2) is 7.95. The molecule has 1 fully saturated rings. The largest absolute Gasteiger partial charge is 0.349 e. The van der Waals surface area contributed by atoms with E-state index in [2.05, 4.69) is 15.2 Å². The third kappa shape index (κ3) is 4.27. The topological polar surface area (TPSA) is 50.2 Å². The van der Waals surface area contributed by atoms with Gasteiger partial charge in [-0.1, -0.05) is 6.07 Å². The van der Waals surface area contributed by atoms with Gasteiger partial charge in [0.15, 0.2) is 11.6 Å². The maximum Gasteiger partial charge on any atom is 0.223 e. The summed E-state index contributed by atoms with van der Waals surface area (Å²) in [6, 6.07) is 3.36. The fraction of sp³-hybridized carbons (Fsp3) is 0.474. The van der Waals surface area contributed by atoms with Gasteiger partial charge in [-0.15, -0.1) is 0 Å². The zero-order valence-electron chi connectivity index (χ0n) is 15.1. The Labute approximate surface area is 152 Å². The molecule has 2 aromatic rings. The Morgan fingerprint density at radius 3 is 2.65 bits per heavy atom. The second-order valence-electron chi connectivity index (χ2n) is 6.91. The van der Waals surface area contributed by atoms with Crippen LogP contribution in [0.1, 0.15) is 37.2 Å². The summed E-state index contributed by atoms with van der Waals surface area (Å²) in [5.41, 5.74) is 0.560. The maximum atomic E-state index is 13.4. The lowest BCUT2D eigenvalue weighted by Gasteiger charge is -2.31. The summed E-state index contributed by atoms with van der Waals surface area (Å²) >= 11 is 0. The number of hydrogen-bond donors (Lipinski definition) is 1. The van der Waals surface area contributed by atoms with E-state index in [9.17, 15) is 13.6 Å². The highest BCUT2D eigenvalue weighted by Crippen LogP contribution is 2.21. The van der Waals surface area contributed by atoms with Crippen LogP contribution in [-0.4, -0.2) is 33.4 Å². The van der Waals surface area contributed by atoms with Gasteiger partial charge in [0.05, 0.1) is 12.6 Å². The maximum absolute atomic E-state index is 13.4. The molecule has 0 spiro atoms. The van der Waals surface area contributed by atoms with Crippen molar-refractivity contribution in [1.29, 1.82) is 0 Å². The second-order valence-corrected chi connectivity index (χ2v) is 6.91. The quantitative estimate of drug-likeness (QED) is 0.890. The molecule has 3 rings (SSSR count). The lowest BCUT2D eigenvalue weighted by atomic mass is 9.95. The minimum Gasteiger partial charge on any atom is -0.349 e. The van der Waals surface area contributed by atoms with Gasteiger partial charge in [0.2, 0.25) is 5.91 Å². The molecule has 1 aromatic carbocycles. The molecule has 26 heavy (non-hydrogen) atoms. The Bertz CT molecular complexity index is 769. The molecule has 5 nitrogen and oxygen atoms in total. The molecule has 1 aliphatic rings. The van der Waals surface area contributed by atoms with Gasteiger partial charge >= 0.3 is 0 Å². The minimum atomic E-state index is -0.897. The van der Waals surface area contributed by atoms with Gasteiger partial charge in [-0.05, 0) is 50.6 Å². The third-order valence-electron chi connectivity index (χ3n) is 5.05. The van der Waals surface area contributed by atoms with E-state index in [-0.39, 0.29) is 17.9 Å². The molecule has 1 aromatic heterocycles. The molecule has 0 unspecified atom stereocenters. The standard InChI is InChI=1S/C19H24F2N4O/c1-13(15-3-4-16(20)17(21)11-15)23-19(26)14-5-8-25(9-6-14)12-18-22-7-10-24(18)2/h3-4,7,10-11,13-14H,5-6,8-9,12H2,1-2H3,(H,23,26)/t13-/m0/s1. The van der Waals surface area contributed by atoms with Crippen molar-refractivity contribution < 1.29 is 13.6 Å². The van der Waals surface area contributed by atoms with E-state index in [0.717, 1.165) is 50.4 Å². The zero-order valence-corrected chi connectivity index (χ0v) is 15.1. The number of carbonyl (C=O) groups is 1. The number of halogens is 2.